The molecule has 3 aromatic rings. The number of aryl methyl sites for hydroxylation is 1. The first-order valence-corrected chi connectivity index (χ1v) is 10.7. The lowest BCUT2D eigenvalue weighted by atomic mass is 10.2. The van der Waals surface area contributed by atoms with E-state index in [2.05, 4.69) is 25.6 Å². The molecule has 2 aliphatic carbocycles. The summed E-state index contributed by atoms with van der Waals surface area (Å²) in [5, 5.41) is 6.15. The molecule has 3 aromatic heterocycles. The van der Waals surface area contributed by atoms with Crippen molar-refractivity contribution in [3.63, 3.8) is 0 Å². The standard InChI is InChI=1S/C21H25F2N7O/c1-29-16-12-25-18(10-15(16)30(20(29)31)14-4-2-3-5-14)27-17-7-9-24-19(28-17)26-13-6-8-21(22,23)11-13/h7,9-10,12-14H,2-6,8,11H2,1H3,(H2,24,25,26,27,28). The van der Waals surface area contributed by atoms with E-state index in [0.29, 0.717) is 24.0 Å². The van der Waals surface area contributed by atoms with Gasteiger partial charge >= 0.3 is 5.69 Å². The zero-order valence-electron chi connectivity index (χ0n) is 17.3. The number of nitrogens with one attached hydrogen (secondary N) is 2. The largest absolute Gasteiger partial charge is 0.351 e. The summed E-state index contributed by atoms with van der Waals surface area (Å²) in [6.07, 6.45) is 7.59. The summed E-state index contributed by atoms with van der Waals surface area (Å²) in [6.45, 7) is 0. The second kappa shape index (κ2) is 7.58. The number of fused-ring (bicyclic) bond motifs is 1. The summed E-state index contributed by atoms with van der Waals surface area (Å²) in [5.41, 5.74) is 1.61. The molecule has 0 aromatic carbocycles. The van der Waals surface area contributed by atoms with Crippen LogP contribution in [-0.2, 0) is 7.05 Å². The highest BCUT2D eigenvalue weighted by Gasteiger charge is 2.39. The molecule has 2 fully saturated rings. The minimum atomic E-state index is -2.63. The first-order valence-electron chi connectivity index (χ1n) is 10.7. The average Bonchev–Trinajstić information content (AvgIpc) is 3.42. The molecule has 5 rings (SSSR count). The fraction of sp³-hybridized carbons (Fsp3) is 0.524. The molecule has 2 N–H and O–H groups in total. The summed E-state index contributed by atoms with van der Waals surface area (Å²) in [5.74, 6) is -1.27. The minimum Gasteiger partial charge on any atom is -0.351 e. The van der Waals surface area contributed by atoms with Crippen molar-refractivity contribution in [2.45, 2.75) is 63.0 Å². The summed E-state index contributed by atoms with van der Waals surface area (Å²) in [4.78, 5) is 25.8. The normalized spacial score (nSPS) is 21.1. The van der Waals surface area contributed by atoms with Crippen LogP contribution < -0.4 is 16.3 Å². The second-order valence-electron chi connectivity index (χ2n) is 8.54. The fourth-order valence-corrected chi connectivity index (χ4v) is 4.73. The van der Waals surface area contributed by atoms with Crippen LogP contribution in [0.5, 0.6) is 0 Å². The molecule has 0 radical (unpaired) electrons. The van der Waals surface area contributed by atoms with Gasteiger partial charge in [0, 0.05) is 44.2 Å². The van der Waals surface area contributed by atoms with Gasteiger partial charge in [0.25, 0.3) is 0 Å². The molecule has 3 heterocycles. The zero-order valence-corrected chi connectivity index (χ0v) is 17.3. The van der Waals surface area contributed by atoms with E-state index in [1.807, 2.05) is 10.6 Å². The van der Waals surface area contributed by atoms with Crippen molar-refractivity contribution in [2.24, 2.45) is 7.05 Å². The van der Waals surface area contributed by atoms with Crippen LogP contribution in [0.3, 0.4) is 0 Å². The lowest BCUT2D eigenvalue weighted by Crippen LogP contribution is -2.24. The molecule has 10 heteroatoms. The van der Waals surface area contributed by atoms with Gasteiger partial charge in [0.15, 0.2) is 0 Å². The van der Waals surface area contributed by atoms with Crippen molar-refractivity contribution in [2.75, 3.05) is 10.6 Å². The zero-order chi connectivity index (χ0) is 21.6. The van der Waals surface area contributed by atoms with Crippen LogP contribution in [0.1, 0.15) is 51.0 Å². The number of hydrogen-bond donors (Lipinski definition) is 2. The predicted octanol–water partition coefficient (Wildman–Crippen LogP) is 3.98. The summed E-state index contributed by atoms with van der Waals surface area (Å²) in [7, 11) is 1.76. The van der Waals surface area contributed by atoms with Gasteiger partial charge in [0.2, 0.25) is 11.9 Å². The summed E-state index contributed by atoms with van der Waals surface area (Å²) >= 11 is 0. The molecule has 0 amide bonds. The SMILES string of the molecule is Cn1c(=O)n(C2CCCC2)c2cc(Nc3ccnc(NC4CCC(F)(F)C4)n3)ncc21. The molecule has 2 aliphatic rings. The Labute approximate surface area is 177 Å². The maximum absolute atomic E-state index is 13.4. The summed E-state index contributed by atoms with van der Waals surface area (Å²) in [6, 6.07) is 3.42. The molecule has 8 nitrogen and oxygen atoms in total. The molecule has 1 atom stereocenters. The van der Waals surface area contributed by atoms with Crippen molar-refractivity contribution < 1.29 is 8.78 Å². The van der Waals surface area contributed by atoms with E-state index in [9.17, 15) is 13.6 Å². The van der Waals surface area contributed by atoms with Crippen molar-refractivity contribution >= 4 is 28.6 Å². The molecule has 0 saturated heterocycles. The summed E-state index contributed by atoms with van der Waals surface area (Å²) < 4.78 is 30.4. The Morgan fingerprint density at radius 3 is 2.68 bits per heavy atom. The van der Waals surface area contributed by atoms with Crippen LogP contribution >= 0.6 is 0 Å². The third kappa shape index (κ3) is 3.86. The molecule has 0 spiro atoms. The highest BCUT2D eigenvalue weighted by molar-refractivity contribution is 5.79. The molecule has 2 saturated carbocycles. The molecule has 1 unspecified atom stereocenters. The number of pyridine rings is 1. The number of alkyl halides is 2. The number of anilines is 3. The second-order valence-corrected chi connectivity index (χ2v) is 8.54. The van der Waals surface area contributed by atoms with Crippen molar-refractivity contribution in [1.82, 2.24) is 24.1 Å². The van der Waals surface area contributed by atoms with Gasteiger partial charge in [-0.25, -0.2) is 23.5 Å². The van der Waals surface area contributed by atoms with Gasteiger partial charge in [0.1, 0.15) is 11.6 Å². The number of imidazole rings is 1. The van der Waals surface area contributed by atoms with Crippen molar-refractivity contribution in [3.8, 4) is 0 Å². The van der Waals surface area contributed by atoms with E-state index in [1.54, 1.807) is 30.1 Å². The molecule has 0 aliphatic heterocycles. The number of rotatable bonds is 5. The number of nitrogens with zero attached hydrogens (tertiary/aromatic N) is 5. The Kier molecular flexibility index (Phi) is 4.86. The Bertz CT molecular complexity index is 1170. The third-order valence-corrected chi connectivity index (χ3v) is 6.31. The van der Waals surface area contributed by atoms with Gasteiger partial charge < -0.3 is 10.6 Å². The van der Waals surface area contributed by atoms with Gasteiger partial charge in [-0.05, 0) is 25.3 Å². The van der Waals surface area contributed by atoms with Gasteiger partial charge in [0.05, 0.1) is 17.2 Å². The molecule has 164 valence electrons. The van der Waals surface area contributed by atoms with E-state index in [0.717, 1.165) is 36.7 Å². The lowest BCUT2D eigenvalue weighted by molar-refractivity contribution is 0.00851. The van der Waals surface area contributed by atoms with E-state index in [4.69, 9.17) is 0 Å². The third-order valence-electron chi connectivity index (χ3n) is 6.31. The topological polar surface area (TPSA) is 89.7 Å². The first-order chi connectivity index (χ1) is 14.9. The van der Waals surface area contributed by atoms with Crippen molar-refractivity contribution in [1.29, 1.82) is 0 Å². The maximum Gasteiger partial charge on any atom is 0.329 e. The van der Waals surface area contributed by atoms with Crippen molar-refractivity contribution in [3.05, 3.63) is 35.0 Å². The van der Waals surface area contributed by atoms with E-state index >= 15 is 0 Å². The Morgan fingerprint density at radius 2 is 1.94 bits per heavy atom. The molecule has 0 bridgehead atoms. The monoisotopic (exact) mass is 429 g/mol. The highest BCUT2D eigenvalue weighted by atomic mass is 19.3. The molecule has 31 heavy (non-hydrogen) atoms. The Balaban J connectivity index is 1.39. The predicted molar refractivity (Wildman–Crippen MR) is 114 cm³/mol. The van der Waals surface area contributed by atoms with Crippen LogP contribution in [0.4, 0.5) is 26.4 Å². The molecular weight excluding hydrogens is 404 g/mol. The van der Waals surface area contributed by atoms with E-state index in [1.165, 1.54) is 0 Å². The highest BCUT2D eigenvalue weighted by Crippen LogP contribution is 2.36. The van der Waals surface area contributed by atoms with Crippen LogP contribution in [0.2, 0.25) is 0 Å². The van der Waals surface area contributed by atoms with Crippen LogP contribution in [0.25, 0.3) is 11.0 Å². The number of halogens is 2. The van der Waals surface area contributed by atoms with Crippen LogP contribution in [0.15, 0.2) is 29.3 Å². The van der Waals surface area contributed by atoms with Crippen LogP contribution in [0, 0.1) is 0 Å². The minimum absolute atomic E-state index is 0.0252. The van der Waals surface area contributed by atoms with E-state index in [-0.39, 0.29) is 30.6 Å². The Morgan fingerprint density at radius 1 is 1.13 bits per heavy atom. The average molecular weight is 429 g/mol. The first kappa shape index (κ1) is 19.9. The van der Waals surface area contributed by atoms with Gasteiger partial charge in [-0.2, -0.15) is 4.98 Å². The lowest BCUT2D eigenvalue weighted by Gasteiger charge is -2.14. The van der Waals surface area contributed by atoms with Crippen LogP contribution in [-0.4, -0.2) is 36.1 Å². The Hall–Kier alpha value is -3.04. The number of hydrogen-bond acceptors (Lipinski definition) is 6. The smallest absolute Gasteiger partial charge is 0.329 e. The quantitative estimate of drug-likeness (QED) is 0.638. The van der Waals surface area contributed by atoms with Gasteiger partial charge in [-0.15, -0.1) is 0 Å². The maximum atomic E-state index is 13.4. The van der Waals surface area contributed by atoms with E-state index < -0.39 is 5.92 Å². The van der Waals surface area contributed by atoms with Gasteiger partial charge in [-0.3, -0.25) is 9.13 Å². The number of aromatic nitrogens is 5. The fourth-order valence-electron chi connectivity index (χ4n) is 4.73. The van der Waals surface area contributed by atoms with Gasteiger partial charge in [-0.1, -0.05) is 12.8 Å². The molecular formula is C21H25F2N7O.